The van der Waals surface area contributed by atoms with E-state index >= 15 is 0 Å². The average molecular weight is 510 g/mol. The Morgan fingerprint density at radius 2 is 2.11 bits per heavy atom. The number of nitrogens with one attached hydrogen (secondary N) is 2. The number of urea groups is 1. The van der Waals surface area contributed by atoms with Crippen LogP contribution in [0.1, 0.15) is 63.4 Å². The number of halogens is 1. The van der Waals surface area contributed by atoms with Crippen molar-refractivity contribution in [3.8, 4) is 0 Å². The van der Waals surface area contributed by atoms with E-state index in [-0.39, 0.29) is 12.1 Å². The number of rotatable bonds is 12. The van der Waals surface area contributed by atoms with Crippen LogP contribution in [0.25, 0.3) is 0 Å². The summed E-state index contributed by atoms with van der Waals surface area (Å²) < 4.78 is 11.3. The normalized spacial score (nSPS) is 21.9. The van der Waals surface area contributed by atoms with E-state index in [9.17, 15) is 9.90 Å². The minimum atomic E-state index is -1.25. The molecule has 1 aliphatic carbocycles. The van der Waals surface area contributed by atoms with Gasteiger partial charge in [-0.05, 0) is 56.3 Å². The van der Waals surface area contributed by atoms with E-state index in [1.54, 1.807) is 24.1 Å². The van der Waals surface area contributed by atoms with E-state index in [1.807, 2.05) is 19.2 Å². The zero-order chi connectivity index (χ0) is 25.1. The molecule has 7 nitrogen and oxygen atoms in total. The molecule has 0 aromatic heterocycles. The molecule has 1 aromatic rings. The molecule has 3 atom stereocenters. The lowest BCUT2D eigenvalue weighted by atomic mass is 9.82. The van der Waals surface area contributed by atoms with Crippen LogP contribution < -0.4 is 10.6 Å². The van der Waals surface area contributed by atoms with E-state index in [1.165, 1.54) is 32.1 Å². The van der Waals surface area contributed by atoms with Crippen molar-refractivity contribution in [2.75, 3.05) is 47.0 Å². The topological polar surface area (TPSA) is 83.1 Å². The number of aliphatic hydroxyl groups is 1. The van der Waals surface area contributed by atoms with Crippen LogP contribution in [0.5, 0.6) is 0 Å². The minimum Gasteiger partial charge on any atom is -0.385 e. The zero-order valence-electron chi connectivity index (χ0n) is 21.4. The van der Waals surface area contributed by atoms with Crippen molar-refractivity contribution in [1.82, 2.24) is 15.5 Å². The molecule has 0 spiro atoms. The molecule has 1 aliphatic heterocycles. The first-order valence-corrected chi connectivity index (χ1v) is 13.6. The van der Waals surface area contributed by atoms with Crippen molar-refractivity contribution in [2.24, 2.45) is 5.92 Å². The summed E-state index contributed by atoms with van der Waals surface area (Å²) in [5.74, 6) is 0.680. The number of amides is 2. The summed E-state index contributed by atoms with van der Waals surface area (Å²) in [6.07, 6.45) is 9.01. The Bertz CT molecular complexity index is 777. The summed E-state index contributed by atoms with van der Waals surface area (Å²) in [6.45, 7) is 2.61. The quantitative estimate of drug-likeness (QED) is 0.366. The van der Waals surface area contributed by atoms with Gasteiger partial charge in [0.15, 0.2) is 0 Å². The first-order valence-electron chi connectivity index (χ1n) is 13.2. The smallest absolute Gasteiger partial charge is 0.317 e. The molecule has 2 amide bonds. The van der Waals surface area contributed by atoms with Gasteiger partial charge in [-0.15, -0.1) is 0 Å². The number of nitrogens with zero attached hydrogens (tertiary/aromatic N) is 1. The summed E-state index contributed by atoms with van der Waals surface area (Å²) in [4.78, 5) is 15.1. The third-order valence-electron chi connectivity index (χ3n) is 7.49. The van der Waals surface area contributed by atoms with E-state index in [4.69, 9.17) is 21.1 Å². The maximum Gasteiger partial charge on any atom is 0.317 e. The van der Waals surface area contributed by atoms with E-state index in [2.05, 4.69) is 10.6 Å². The molecule has 0 bridgehead atoms. The van der Waals surface area contributed by atoms with Crippen LogP contribution in [0.4, 0.5) is 4.79 Å². The Morgan fingerprint density at radius 1 is 1.31 bits per heavy atom. The summed E-state index contributed by atoms with van der Waals surface area (Å²) in [6, 6.07) is 7.34. The fourth-order valence-corrected chi connectivity index (χ4v) is 5.73. The van der Waals surface area contributed by atoms with Crippen LogP contribution in [0.15, 0.2) is 24.3 Å². The van der Waals surface area contributed by atoms with E-state index in [0.29, 0.717) is 43.7 Å². The van der Waals surface area contributed by atoms with Gasteiger partial charge in [-0.1, -0.05) is 55.8 Å². The summed E-state index contributed by atoms with van der Waals surface area (Å²) in [7, 11) is 3.61. The van der Waals surface area contributed by atoms with Gasteiger partial charge in [0.1, 0.15) is 11.7 Å². The Morgan fingerprint density at radius 3 is 2.83 bits per heavy atom. The predicted octanol–water partition coefficient (Wildman–Crippen LogP) is 4.31. The number of hydrogen-bond donors (Lipinski definition) is 3. The molecule has 3 N–H and O–H groups in total. The number of benzene rings is 1. The highest BCUT2D eigenvalue weighted by Gasteiger charge is 2.42. The molecule has 1 aromatic carbocycles. The Labute approximate surface area is 215 Å². The van der Waals surface area contributed by atoms with Gasteiger partial charge in [0.25, 0.3) is 0 Å². The number of ether oxygens (including phenoxy) is 2. The van der Waals surface area contributed by atoms with Crippen molar-refractivity contribution < 1.29 is 19.4 Å². The van der Waals surface area contributed by atoms with Crippen LogP contribution in [-0.2, 0) is 15.1 Å². The molecule has 0 radical (unpaired) electrons. The first kappa shape index (κ1) is 28.2. The summed E-state index contributed by atoms with van der Waals surface area (Å²) in [5, 5.41) is 19.0. The number of methoxy groups -OCH3 is 1. The van der Waals surface area contributed by atoms with Gasteiger partial charge in [0.2, 0.25) is 0 Å². The highest BCUT2D eigenvalue weighted by molar-refractivity contribution is 6.30. The lowest BCUT2D eigenvalue weighted by Gasteiger charge is -2.43. The molecule has 1 saturated heterocycles. The molecular weight excluding hydrogens is 466 g/mol. The Kier molecular flexibility index (Phi) is 11.6. The molecule has 0 unspecified atom stereocenters. The van der Waals surface area contributed by atoms with Crippen LogP contribution in [0.3, 0.4) is 0 Å². The minimum absolute atomic E-state index is 0.0813. The first-order chi connectivity index (χ1) is 17.0. The van der Waals surface area contributed by atoms with Crippen molar-refractivity contribution in [3.05, 3.63) is 34.9 Å². The SMILES string of the molecule is CNC[C@H](CC1CCCCC1)NC(=O)N1CCO[C@H]([C@](O)(CCCCOC)c2cccc(Cl)c2)C1. The number of hydrogen-bond acceptors (Lipinski definition) is 5. The van der Waals surface area contributed by atoms with Gasteiger partial charge in [-0.25, -0.2) is 4.79 Å². The highest BCUT2D eigenvalue weighted by atomic mass is 35.5. The third kappa shape index (κ3) is 8.32. The molecule has 1 heterocycles. The predicted molar refractivity (Wildman–Crippen MR) is 140 cm³/mol. The van der Waals surface area contributed by atoms with Crippen molar-refractivity contribution in [1.29, 1.82) is 0 Å². The largest absolute Gasteiger partial charge is 0.385 e. The highest BCUT2D eigenvalue weighted by Crippen LogP contribution is 2.35. The zero-order valence-corrected chi connectivity index (χ0v) is 22.2. The van der Waals surface area contributed by atoms with Gasteiger partial charge < -0.3 is 30.1 Å². The lowest BCUT2D eigenvalue weighted by Crippen LogP contribution is -2.58. The molecule has 3 rings (SSSR count). The molecule has 2 fully saturated rings. The maximum atomic E-state index is 13.3. The fraction of sp³-hybridized carbons (Fsp3) is 0.741. The van der Waals surface area contributed by atoms with Crippen molar-refractivity contribution in [2.45, 2.75) is 75.5 Å². The van der Waals surface area contributed by atoms with Crippen molar-refractivity contribution in [3.63, 3.8) is 0 Å². The Balaban J connectivity index is 1.67. The third-order valence-corrected chi connectivity index (χ3v) is 7.72. The van der Waals surface area contributed by atoms with Crippen LogP contribution in [-0.4, -0.2) is 75.2 Å². The molecule has 1 saturated carbocycles. The van der Waals surface area contributed by atoms with Gasteiger partial charge in [0, 0.05) is 37.9 Å². The van der Waals surface area contributed by atoms with Crippen LogP contribution in [0.2, 0.25) is 5.02 Å². The average Bonchev–Trinajstić information content (AvgIpc) is 2.87. The van der Waals surface area contributed by atoms with E-state index in [0.717, 1.165) is 31.4 Å². The second kappa shape index (κ2) is 14.4. The number of carbonyl (C=O) groups is 1. The molecule has 198 valence electrons. The van der Waals surface area contributed by atoms with Gasteiger partial charge in [-0.3, -0.25) is 0 Å². The van der Waals surface area contributed by atoms with Crippen LogP contribution >= 0.6 is 11.6 Å². The number of likely N-dealkylation sites (N-methyl/N-ethyl adjacent to an activating group) is 1. The molecular formula is C27H44ClN3O4. The maximum absolute atomic E-state index is 13.3. The number of morpholine rings is 1. The van der Waals surface area contributed by atoms with Gasteiger partial charge in [0.05, 0.1) is 13.2 Å². The second-order valence-electron chi connectivity index (χ2n) is 10.1. The number of carbonyl (C=O) groups excluding carboxylic acids is 1. The monoisotopic (exact) mass is 509 g/mol. The molecule has 8 heteroatoms. The van der Waals surface area contributed by atoms with Gasteiger partial charge in [-0.2, -0.15) is 0 Å². The number of unbranched alkanes of at least 4 members (excludes halogenated alkanes) is 1. The van der Waals surface area contributed by atoms with Crippen LogP contribution in [0, 0.1) is 5.92 Å². The summed E-state index contributed by atoms with van der Waals surface area (Å²) in [5.41, 5.74) is -0.524. The van der Waals surface area contributed by atoms with E-state index < -0.39 is 11.7 Å². The lowest BCUT2D eigenvalue weighted by molar-refractivity contribution is -0.146. The standard InChI is InChI=1S/C27H44ClN3O4/c1-29-19-24(17-21-9-4-3-5-10-21)30-26(32)31-14-16-35-25(20-31)27(33,13-6-7-15-34-2)22-11-8-12-23(28)18-22/h8,11-12,18,21,24-25,29,33H,3-7,9-10,13-17,19-20H2,1-2H3,(H,30,32)/t24-,25-,27-/m0/s1. The second-order valence-corrected chi connectivity index (χ2v) is 10.6. The van der Waals surface area contributed by atoms with Crippen molar-refractivity contribution >= 4 is 17.6 Å². The Hall–Kier alpha value is -1.38. The molecule has 2 aliphatic rings. The fourth-order valence-electron chi connectivity index (χ4n) is 5.54. The molecule has 35 heavy (non-hydrogen) atoms. The summed E-state index contributed by atoms with van der Waals surface area (Å²) >= 11 is 6.27. The van der Waals surface area contributed by atoms with Gasteiger partial charge >= 0.3 is 6.03 Å².